The number of hydrogen-bond acceptors (Lipinski definition) is 4. The van der Waals surface area contributed by atoms with E-state index in [0.29, 0.717) is 41.2 Å². The molecular weight excluding hydrogens is 425 g/mol. The predicted octanol–water partition coefficient (Wildman–Crippen LogP) is 3.14. The summed E-state index contributed by atoms with van der Waals surface area (Å²) in [6, 6.07) is 15.3. The highest BCUT2D eigenvalue weighted by Crippen LogP contribution is 2.42. The zero-order valence-electron chi connectivity index (χ0n) is 18.1. The molecule has 168 valence electrons. The van der Waals surface area contributed by atoms with Gasteiger partial charge in [-0.05, 0) is 50.1 Å². The minimum Gasteiger partial charge on any atom is -0.497 e. The van der Waals surface area contributed by atoms with Crippen LogP contribution < -0.4 is 15.4 Å². The molecule has 2 aromatic carbocycles. The number of carbonyl (C=O) groups is 3. The number of methoxy groups -OCH3 is 1. The number of hydrogen-bond donors (Lipinski definition) is 2. The first-order chi connectivity index (χ1) is 15.8. The predicted molar refractivity (Wildman–Crippen MR) is 119 cm³/mol. The fraction of sp³-hybridized carbons (Fsp3) is 0.240. The van der Waals surface area contributed by atoms with Crippen LogP contribution in [0.25, 0.3) is 16.9 Å². The maximum atomic E-state index is 14.8. The lowest BCUT2D eigenvalue weighted by Crippen LogP contribution is -2.73. The number of nitrogens with one attached hydrogen (secondary N) is 2. The molecule has 3 amide bonds. The van der Waals surface area contributed by atoms with Gasteiger partial charge in [-0.2, -0.15) is 0 Å². The number of benzene rings is 2. The van der Waals surface area contributed by atoms with Crippen LogP contribution in [0.2, 0.25) is 0 Å². The maximum absolute atomic E-state index is 14.8. The molecule has 8 heteroatoms. The fourth-order valence-electron chi connectivity index (χ4n) is 4.70. The summed E-state index contributed by atoms with van der Waals surface area (Å²) in [6.45, 7) is 1.73. The third-order valence-electron chi connectivity index (χ3n) is 6.54. The third-order valence-corrected chi connectivity index (χ3v) is 6.54. The van der Waals surface area contributed by atoms with Crippen molar-refractivity contribution in [2.45, 2.75) is 25.3 Å². The molecule has 2 bridgehead atoms. The van der Waals surface area contributed by atoms with E-state index in [4.69, 9.17) is 4.74 Å². The summed E-state index contributed by atoms with van der Waals surface area (Å²) < 4.78 is 21.8. The smallest absolute Gasteiger partial charge is 0.253 e. The van der Waals surface area contributed by atoms with Crippen molar-refractivity contribution in [2.75, 3.05) is 7.11 Å². The highest BCUT2D eigenvalue weighted by Gasteiger charge is 2.58. The van der Waals surface area contributed by atoms with Gasteiger partial charge in [-0.15, -0.1) is 0 Å². The standard InChI is InChI=1S/C25H22FN3O4/c1-14-18(23(31)28-25-12-16(13-25)22(30)27-24(25)32)11-21(15-6-5-7-17(10-15)33-2)29(14)20-9-4-3-8-19(20)26/h3-11,16H,12-13H2,1-2H3,(H,28,31)(H,27,30,32). The number of imide groups is 1. The van der Waals surface area contributed by atoms with Crippen LogP contribution in [0.1, 0.15) is 28.9 Å². The lowest BCUT2D eigenvalue weighted by Gasteiger charge is -2.49. The van der Waals surface area contributed by atoms with E-state index in [1.165, 1.54) is 6.07 Å². The van der Waals surface area contributed by atoms with E-state index in [-0.39, 0.29) is 11.8 Å². The van der Waals surface area contributed by atoms with Crippen molar-refractivity contribution in [2.24, 2.45) is 5.92 Å². The van der Waals surface area contributed by atoms with E-state index >= 15 is 0 Å². The van der Waals surface area contributed by atoms with Gasteiger partial charge in [-0.25, -0.2) is 4.39 Å². The lowest BCUT2D eigenvalue weighted by atomic mass is 9.64. The van der Waals surface area contributed by atoms with Crippen LogP contribution in [0.15, 0.2) is 54.6 Å². The molecule has 1 aliphatic carbocycles. The minimum absolute atomic E-state index is 0.264. The van der Waals surface area contributed by atoms with Crippen LogP contribution in [-0.2, 0) is 9.59 Å². The van der Waals surface area contributed by atoms with Gasteiger partial charge in [0.2, 0.25) is 5.91 Å². The van der Waals surface area contributed by atoms with Crippen molar-refractivity contribution in [1.29, 1.82) is 0 Å². The maximum Gasteiger partial charge on any atom is 0.253 e. The first-order valence-electron chi connectivity index (χ1n) is 10.6. The average molecular weight is 447 g/mol. The Balaban J connectivity index is 1.59. The van der Waals surface area contributed by atoms with Gasteiger partial charge in [0.1, 0.15) is 17.1 Å². The summed E-state index contributed by atoms with van der Waals surface area (Å²) in [4.78, 5) is 37.5. The second-order valence-corrected chi connectivity index (χ2v) is 8.51. The van der Waals surface area contributed by atoms with Crippen LogP contribution in [0.3, 0.4) is 0 Å². The van der Waals surface area contributed by atoms with E-state index in [2.05, 4.69) is 10.6 Å². The summed E-state index contributed by atoms with van der Waals surface area (Å²) in [7, 11) is 1.56. The Hall–Kier alpha value is -3.94. The molecule has 0 atom stereocenters. The summed E-state index contributed by atoms with van der Waals surface area (Å²) in [6.07, 6.45) is 0.582. The Labute approximate surface area is 189 Å². The number of piperidine rings is 2. The van der Waals surface area contributed by atoms with Crippen molar-refractivity contribution in [1.82, 2.24) is 15.2 Å². The first kappa shape index (κ1) is 20.9. The van der Waals surface area contributed by atoms with Crippen LogP contribution in [0.5, 0.6) is 5.75 Å². The second-order valence-electron chi connectivity index (χ2n) is 8.51. The highest BCUT2D eigenvalue weighted by atomic mass is 19.1. The van der Waals surface area contributed by atoms with Crippen LogP contribution in [0.4, 0.5) is 4.39 Å². The Morgan fingerprint density at radius 1 is 1.15 bits per heavy atom. The van der Waals surface area contributed by atoms with E-state index in [1.807, 2.05) is 18.2 Å². The van der Waals surface area contributed by atoms with E-state index in [1.54, 1.807) is 48.9 Å². The topological polar surface area (TPSA) is 89.4 Å². The zero-order valence-corrected chi connectivity index (χ0v) is 18.1. The molecule has 7 nitrogen and oxygen atoms in total. The summed E-state index contributed by atoms with van der Waals surface area (Å²) in [5, 5.41) is 5.15. The van der Waals surface area contributed by atoms with Crippen molar-refractivity contribution >= 4 is 17.7 Å². The van der Waals surface area contributed by atoms with E-state index in [0.717, 1.165) is 5.56 Å². The van der Waals surface area contributed by atoms with E-state index in [9.17, 15) is 18.8 Å². The second kappa shape index (κ2) is 7.58. The molecule has 0 radical (unpaired) electrons. The molecule has 2 aliphatic heterocycles. The SMILES string of the molecule is COc1cccc(-c2cc(C(=O)NC34CC(C3)C(=O)NC4=O)c(C)n2-c2ccccc2F)c1. The number of carbonyl (C=O) groups excluding carboxylic acids is 3. The lowest BCUT2D eigenvalue weighted by molar-refractivity contribution is -0.152. The number of fused-ring (bicyclic) bond motifs is 2. The molecule has 3 heterocycles. The van der Waals surface area contributed by atoms with Gasteiger partial charge in [-0.1, -0.05) is 24.3 Å². The molecule has 2 saturated heterocycles. The zero-order chi connectivity index (χ0) is 23.3. The van der Waals surface area contributed by atoms with Gasteiger partial charge < -0.3 is 14.6 Å². The summed E-state index contributed by atoms with van der Waals surface area (Å²) >= 11 is 0. The molecule has 3 aromatic rings. The Bertz CT molecular complexity index is 1310. The molecule has 33 heavy (non-hydrogen) atoms. The Morgan fingerprint density at radius 3 is 2.61 bits per heavy atom. The van der Waals surface area contributed by atoms with Crippen molar-refractivity contribution in [3.63, 3.8) is 0 Å². The molecule has 0 spiro atoms. The van der Waals surface area contributed by atoms with Crippen molar-refractivity contribution in [3.05, 3.63) is 71.7 Å². The Morgan fingerprint density at radius 2 is 1.91 bits per heavy atom. The number of para-hydroxylation sites is 1. The number of rotatable bonds is 5. The normalized spacial score (nSPS) is 21.2. The number of aromatic nitrogens is 1. The van der Waals surface area contributed by atoms with Crippen molar-refractivity contribution in [3.8, 4) is 22.7 Å². The van der Waals surface area contributed by atoms with Gasteiger partial charge in [0, 0.05) is 17.2 Å². The molecule has 3 fully saturated rings. The molecular formula is C25H22FN3O4. The summed E-state index contributed by atoms with van der Waals surface area (Å²) in [5.74, 6) is -1.30. The van der Waals surface area contributed by atoms with Gasteiger partial charge in [0.05, 0.1) is 24.1 Å². The molecule has 0 unspecified atom stereocenters. The van der Waals surface area contributed by atoms with Crippen LogP contribution >= 0.6 is 0 Å². The molecule has 1 aromatic heterocycles. The quantitative estimate of drug-likeness (QED) is 0.588. The molecule has 3 aliphatic rings. The number of amides is 3. The van der Waals surface area contributed by atoms with Gasteiger partial charge in [-0.3, -0.25) is 19.7 Å². The average Bonchev–Trinajstić information content (AvgIpc) is 3.12. The van der Waals surface area contributed by atoms with E-state index < -0.39 is 23.2 Å². The van der Waals surface area contributed by atoms with Crippen molar-refractivity contribution < 1.29 is 23.5 Å². The fourth-order valence-corrected chi connectivity index (χ4v) is 4.70. The molecule has 6 rings (SSSR count). The number of ether oxygens (including phenoxy) is 1. The van der Waals surface area contributed by atoms with Gasteiger partial charge in [0.15, 0.2) is 0 Å². The number of nitrogens with zero attached hydrogens (tertiary/aromatic N) is 1. The van der Waals surface area contributed by atoms with Crippen LogP contribution in [-0.4, -0.2) is 34.9 Å². The van der Waals surface area contributed by atoms with Gasteiger partial charge >= 0.3 is 0 Å². The van der Waals surface area contributed by atoms with Gasteiger partial charge in [0.25, 0.3) is 11.8 Å². The Kier molecular flexibility index (Phi) is 4.81. The highest BCUT2D eigenvalue weighted by molar-refractivity contribution is 6.10. The molecule has 1 saturated carbocycles. The first-order valence-corrected chi connectivity index (χ1v) is 10.6. The third kappa shape index (κ3) is 3.29. The minimum atomic E-state index is -1.08. The largest absolute Gasteiger partial charge is 0.497 e. The number of halogens is 1. The molecule has 2 N–H and O–H groups in total. The van der Waals surface area contributed by atoms with Crippen LogP contribution in [0, 0.1) is 18.7 Å². The monoisotopic (exact) mass is 447 g/mol. The summed E-state index contributed by atoms with van der Waals surface area (Å²) in [5.41, 5.74) is 1.40.